The van der Waals surface area contributed by atoms with Gasteiger partial charge in [0, 0.05) is 23.1 Å². The summed E-state index contributed by atoms with van der Waals surface area (Å²) in [6.45, 7) is 5.61. The quantitative estimate of drug-likeness (QED) is 0.519. The molecule has 0 aliphatic carbocycles. The van der Waals surface area contributed by atoms with Gasteiger partial charge in [0.2, 0.25) is 21.8 Å². The molecular formula is C23H29Cl2N3O4S. The average molecular weight is 514 g/mol. The summed E-state index contributed by atoms with van der Waals surface area (Å²) in [4.78, 5) is 27.7. The molecule has 0 bridgehead atoms. The topological polar surface area (TPSA) is 86.8 Å². The number of amides is 2. The Morgan fingerprint density at radius 1 is 1.06 bits per heavy atom. The Morgan fingerprint density at radius 2 is 1.70 bits per heavy atom. The molecule has 0 radical (unpaired) electrons. The van der Waals surface area contributed by atoms with Gasteiger partial charge in [0.1, 0.15) is 12.6 Å². The minimum absolute atomic E-state index is 0.157. The number of nitrogens with one attached hydrogen (secondary N) is 1. The van der Waals surface area contributed by atoms with Crippen LogP contribution < -0.4 is 9.62 Å². The molecular weight excluding hydrogens is 485 g/mol. The maximum Gasteiger partial charge on any atom is 0.244 e. The van der Waals surface area contributed by atoms with E-state index in [9.17, 15) is 18.0 Å². The molecule has 0 saturated carbocycles. The van der Waals surface area contributed by atoms with Crippen molar-refractivity contribution in [2.45, 2.75) is 39.8 Å². The van der Waals surface area contributed by atoms with E-state index < -0.39 is 28.5 Å². The highest BCUT2D eigenvalue weighted by Gasteiger charge is 2.31. The van der Waals surface area contributed by atoms with Crippen LogP contribution >= 0.6 is 23.2 Å². The molecule has 0 aromatic heterocycles. The van der Waals surface area contributed by atoms with E-state index in [1.54, 1.807) is 6.92 Å². The summed E-state index contributed by atoms with van der Waals surface area (Å²) in [7, 11) is -3.85. The number of benzene rings is 2. The van der Waals surface area contributed by atoms with Crippen molar-refractivity contribution < 1.29 is 18.0 Å². The fourth-order valence-corrected chi connectivity index (χ4v) is 4.86. The van der Waals surface area contributed by atoms with E-state index in [0.717, 1.165) is 21.7 Å². The van der Waals surface area contributed by atoms with E-state index in [1.165, 1.54) is 23.1 Å². The predicted molar refractivity (Wildman–Crippen MR) is 133 cm³/mol. The lowest BCUT2D eigenvalue weighted by Crippen LogP contribution is -2.52. The van der Waals surface area contributed by atoms with Crippen molar-refractivity contribution >= 4 is 50.7 Å². The summed E-state index contributed by atoms with van der Waals surface area (Å²) in [6.07, 6.45) is 1.37. The Labute approximate surface area is 205 Å². The third-order valence-corrected chi connectivity index (χ3v) is 6.56. The second kappa shape index (κ2) is 11.7. The van der Waals surface area contributed by atoms with Gasteiger partial charge < -0.3 is 10.2 Å². The fourth-order valence-electron chi connectivity index (χ4n) is 3.52. The fraction of sp³-hybridized carbons (Fsp3) is 0.391. The maximum atomic E-state index is 13.5. The SMILES string of the molecule is CCNC(=O)[C@H](CC)N(Cc1cccc(C)c1)C(=O)CN(c1cc(Cl)cc(Cl)c1)S(C)(=O)=O. The molecule has 10 heteroatoms. The number of carbonyl (C=O) groups excluding carboxylic acids is 2. The normalized spacial score (nSPS) is 12.2. The number of nitrogens with zero attached hydrogens (tertiary/aromatic N) is 2. The number of aryl methyl sites for hydroxylation is 1. The van der Waals surface area contributed by atoms with Gasteiger partial charge in [-0.3, -0.25) is 13.9 Å². The summed E-state index contributed by atoms with van der Waals surface area (Å²) >= 11 is 12.1. The van der Waals surface area contributed by atoms with Crippen molar-refractivity contribution in [3.05, 3.63) is 63.6 Å². The molecule has 0 aliphatic heterocycles. The Kier molecular flexibility index (Phi) is 9.57. The minimum Gasteiger partial charge on any atom is -0.355 e. The molecule has 2 rings (SSSR count). The van der Waals surface area contributed by atoms with Gasteiger partial charge in [-0.2, -0.15) is 0 Å². The summed E-state index contributed by atoms with van der Waals surface area (Å²) in [6, 6.07) is 11.2. The molecule has 0 fully saturated rings. The number of hydrogen-bond acceptors (Lipinski definition) is 4. The third kappa shape index (κ3) is 7.62. The van der Waals surface area contributed by atoms with Crippen LogP contribution in [0.1, 0.15) is 31.4 Å². The van der Waals surface area contributed by atoms with E-state index in [4.69, 9.17) is 23.2 Å². The molecule has 7 nitrogen and oxygen atoms in total. The first-order valence-corrected chi connectivity index (χ1v) is 13.1. The molecule has 180 valence electrons. The first kappa shape index (κ1) is 27.0. The van der Waals surface area contributed by atoms with E-state index in [-0.39, 0.29) is 28.2 Å². The predicted octanol–water partition coefficient (Wildman–Crippen LogP) is 4.01. The van der Waals surface area contributed by atoms with Crippen LogP contribution in [-0.2, 0) is 26.2 Å². The van der Waals surface area contributed by atoms with Crippen molar-refractivity contribution in [3.8, 4) is 0 Å². The zero-order valence-corrected chi connectivity index (χ0v) is 21.5. The Morgan fingerprint density at radius 3 is 2.21 bits per heavy atom. The second-order valence-corrected chi connectivity index (χ2v) is 10.5. The van der Waals surface area contributed by atoms with Crippen LogP contribution in [0, 0.1) is 6.92 Å². The Balaban J connectivity index is 2.46. The number of rotatable bonds is 10. The van der Waals surface area contributed by atoms with E-state index in [0.29, 0.717) is 13.0 Å². The van der Waals surface area contributed by atoms with Crippen LogP contribution in [-0.4, -0.2) is 50.5 Å². The van der Waals surface area contributed by atoms with Gasteiger partial charge >= 0.3 is 0 Å². The molecule has 0 saturated heterocycles. The monoisotopic (exact) mass is 513 g/mol. The number of carbonyl (C=O) groups is 2. The molecule has 33 heavy (non-hydrogen) atoms. The zero-order chi connectivity index (χ0) is 24.8. The first-order chi connectivity index (χ1) is 15.5. The van der Waals surface area contributed by atoms with E-state index >= 15 is 0 Å². The zero-order valence-electron chi connectivity index (χ0n) is 19.1. The van der Waals surface area contributed by atoms with Crippen molar-refractivity contribution in [1.29, 1.82) is 0 Å². The van der Waals surface area contributed by atoms with Crippen LogP contribution in [0.5, 0.6) is 0 Å². The molecule has 1 atom stereocenters. The molecule has 2 aromatic rings. The molecule has 2 aromatic carbocycles. The number of anilines is 1. The number of hydrogen-bond donors (Lipinski definition) is 1. The summed E-state index contributed by atoms with van der Waals surface area (Å²) in [5, 5.41) is 3.24. The van der Waals surface area contributed by atoms with Crippen molar-refractivity contribution in [3.63, 3.8) is 0 Å². The molecule has 0 heterocycles. The largest absolute Gasteiger partial charge is 0.355 e. The average Bonchev–Trinajstić information content (AvgIpc) is 2.70. The lowest BCUT2D eigenvalue weighted by atomic mass is 10.1. The van der Waals surface area contributed by atoms with Crippen LogP contribution in [0.15, 0.2) is 42.5 Å². The van der Waals surface area contributed by atoms with Gasteiger partial charge in [-0.1, -0.05) is 60.0 Å². The van der Waals surface area contributed by atoms with Crippen LogP contribution in [0.25, 0.3) is 0 Å². The lowest BCUT2D eigenvalue weighted by molar-refractivity contribution is -0.140. The third-order valence-electron chi connectivity index (χ3n) is 4.99. The smallest absolute Gasteiger partial charge is 0.244 e. The van der Waals surface area contributed by atoms with Gasteiger partial charge in [0.25, 0.3) is 0 Å². The molecule has 0 aliphatic rings. The molecule has 1 N–H and O–H groups in total. The minimum atomic E-state index is -3.85. The highest BCUT2D eigenvalue weighted by molar-refractivity contribution is 7.92. The molecule has 0 unspecified atom stereocenters. The number of likely N-dealkylation sites (N-methyl/N-ethyl adjacent to an activating group) is 1. The van der Waals surface area contributed by atoms with Gasteiger partial charge in [-0.15, -0.1) is 0 Å². The maximum absolute atomic E-state index is 13.5. The molecule has 0 spiro atoms. The number of sulfonamides is 1. The standard InChI is InChI=1S/C23H29Cl2N3O4S/c1-5-21(23(30)26-6-2)27(14-17-9-7-8-16(3)10-17)22(29)15-28(33(4,31)32)20-12-18(24)11-19(25)13-20/h7-13,21H,5-6,14-15H2,1-4H3,(H,26,30)/t21-/m0/s1. The lowest BCUT2D eigenvalue weighted by Gasteiger charge is -2.33. The first-order valence-electron chi connectivity index (χ1n) is 10.5. The second-order valence-electron chi connectivity index (χ2n) is 7.73. The van der Waals surface area contributed by atoms with Gasteiger partial charge in [-0.05, 0) is 44.0 Å². The van der Waals surface area contributed by atoms with Crippen molar-refractivity contribution in [2.24, 2.45) is 0 Å². The molecule has 2 amide bonds. The van der Waals surface area contributed by atoms with Gasteiger partial charge in [0.05, 0.1) is 11.9 Å². The summed E-state index contributed by atoms with van der Waals surface area (Å²) in [5.74, 6) is -0.811. The van der Waals surface area contributed by atoms with E-state index in [1.807, 2.05) is 38.1 Å². The van der Waals surface area contributed by atoms with Crippen molar-refractivity contribution in [1.82, 2.24) is 10.2 Å². The summed E-state index contributed by atoms with van der Waals surface area (Å²) in [5.41, 5.74) is 2.02. The van der Waals surface area contributed by atoms with Crippen molar-refractivity contribution in [2.75, 3.05) is 23.7 Å². The van der Waals surface area contributed by atoms with Gasteiger partial charge in [0.15, 0.2) is 0 Å². The van der Waals surface area contributed by atoms with Crippen LogP contribution in [0.4, 0.5) is 5.69 Å². The van der Waals surface area contributed by atoms with Crippen LogP contribution in [0.3, 0.4) is 0 Å². The van der Waals surface area contributed by atoms with Crippen LogP contribution in [0.2, 0.25) is 10.0 Å². The highest BCUT2D eigenvalue weighted by atomic mass is 35.5. The Bertz CT molecular complexity index is 1090. The van der Waals surface area contributed by atoms with E-state index in [2.05, 4.69) is 5.32 Å². The van der Waals surface area contributed by atoms with Gasteiger partial charge in [-0.25, -0.2) is 8.42 Å². The Hall–Kier alpha value is -2.29. The summed E-state index contributed by atoms with van der Waals surface area (Å²) < 4.78 is 26.1. The number of halogens is 2. The highest BCUT2D eigenvalue weighted by Crippen LogP contribution is 2.27.